The third-order valence-electron chi connectivity index (χ3n) is 11.2. The van der Waals surface area contributed by atoms with Crippen LogP contribution in [0.2, 0.25) is 0 Å². The maximum absolute atomic E-state index is 14.5. The number of esters is 1. The number of aryl methyl sites for hydroxylation is 1. The van der Waals surface area contributed by atoms with E-state index in [-0.39, 0.29) is 25.2 Å². The highest BCUT2D eigenvalue weighted by atomic mass is 32.1. The molecule has 0 aromatic carbocycles. The number of nitrogens with zero attached hydrogens (tertiary/aromatic N) is 6. The minimum absolute atomic E-state index is 0.0813. The quantitative estimate of drug-likeness (QED) is 0.171. The molecule has 3 saturated heterocycles. The lowest BCUT2D eigenvalue weighted by Crippen LogP contribution is -2.59. The number of oxime groups is 1. The summed E-state index contributed by atoms with van der Waals surface area (Å²) < 4.78 is 31.4. The number of aromatic nitrogens is 4. The highest BCUT2D eigenvalue weighted by Crippen LogP contribution is 2.39. The van der Waals surface area contributed by atoms with Gasteiger partial charge in [-0.15, -0.1) is 21.5 Å². The summed E-state index contributed by atoms with van der Waals surface area (Å²) in [6.45, 7) is 12.5. The van der Waals surface area contributed by atoms with Crippen molar-refractivity contribution in [1.82, 2.24) is 30.4 Å². The fourth-order valence-corrected chi connectivity index (χ4v) is 8.97. The second kappa shape index (κ2) is 18.7. The van der Waals surface area contributed by atoms with E-state index in [0.29, 0.717) is 24.4 Å². The van der Waals surface area contributed by atoms with Gasteiger partial charge in [-0.25, -0.2) is 4.79 Å². The van der Waals surface area contributed by atoms with Gasteiger partial charge < -0.3 is 43.8 Å². The minimum atomic E-state index is -1.33. The summed E-state index contributed by atoms with van der Waals surface area (Å²) in [7, 11) is 6.89. The van der Waals surface area contributed by atoms with Crippen molar-refractivity contribution in [3.8, 4) is 22.5 Å². The van der Waals surface area contributed by atoms with Crippen molar-refractivity contribution in [2.24, 2.45) is 35.9 Å². The van der Waals surface area contributed by atoms with Crippen LogP contribution in [0, 0.1) is 35.5 Å². The van der Waals surface area contributed by atoms with Crippen molar-refractivity contribution in [2.45, 2.75) is 122 Å². The predicted molar refractivity (Wildman–Crippen MR) is 209 cm³/mol. The molecule has 17 nitrogen and oxygen atoms in total. The molecule has 0 bridgehead atoms. The Morgan fingerprint density at radius 2 is 1.88 bits per heavy atom. The predicted octanol–water partition coefficient (Wildman–Crippen LogP) is 3.20. The van der Waals surface area contributed by atoms with E-state index < -0.39 is 83.9 Å². The van der Waals surface area contributed by atoms with Gasteiger partial charge in [0.1, 0.15) is 31.8 Å². The number of cyclic esters (lactones) is 1. The monoisotopic (exact) mass is 815 g/mol. The fraction of sp³-hybridized carbons (Fsp3) is 0.718. The number of hydrogen-bond acceptors (Lipinski definition) is 16. The number of Topliss-reactive ketones (excluding diaryl/α,β-unsaturated/α-hetero) is 1. The lowest BCUT2D eigenvalue weighted by atomic mass is 9.75. The molecular formula is C39H57N7O10S. The highest BCUT2D eigenvalue weighted by Gasteiger charge is 2.52. The molecule has 314 valence electrons. The number of carbonyl (C=O) groups excluding carboxylic acids is 3. The summed E-state index contributed by atoms with van der Waals surface area (Å²) in [5.41, 5.74) is -0.754. The molecule has 0 spiro atoms. The first kappa shape index (κ1) is 44.1. The largest absolute Gasteiger partial charge is 0.458 e. The van der Waals surface area contributed by atoms with Crippen LogP contribution < -0.4 is 5.32 Å². The average molecular weight is 816 g/mol. The number of likely N-dealkylation sites (N-methyl/N-ethyl adjacent to an activating group) is 1. The number of amides is 1. The summed E-state index contributed by atoms with van der Waals surface area (Å²) >= 11 is 1.41. The molecule has 18 heteroatoms. The van der Waals surface area contributed by atoms with E-state index in [4.69, 9.17) is 28.5 Å². The summed E-state index contributed by atoms with van der Waals surface area (Å²) in [6.07, 6.45) is -4.85. The second-order valence-corrected chi connectivity index (χ2v) is 16.8. The SMILES string of the molecule is CC[C@H]1OC(=O)[C@H](C)C(=O)[C@H](C)[C@@H](OC2O[C@H](C)C[C@H](N(C)C)C2O)[C@@](C)(OCC#Cc2ccc(-c3nnn(C)n3)s2)C[C@@H](C)/C(=N\OC)[C@H](C)[C@H]2NC(=O)O[C@@H]21. The number of aliphatic hydroxyl groups is 1. The molecule has 0 aliphatic carbocycles. The molecule has 1 amide bonds. The molecule has 2 N–H and O–H groups in total. The summed E-state index contributed by atoms with van der Waals surface area (Å²) in [5.74, 6) is 2.46. The highest BCUT2D eigenvalue weighted by molar-refractivity contribution is 7.15. The van der Waals surface area contributed by atoms with E-state index in [1.165, 1.54) is 30.2 Å². The van der Waals surface area contributed by atoms with Crippen LogP contribution in [0.1, 0.15) is 72.6 Å². The van der Waals surface area contributed by atoms with Gasteiger partial charge in [0.05, 0.1) is 46.4 Å². The Morgan fingerprint density at radius 3 is 2.53 bits per heavy atom. The number of fused-ring (bicyclic) bond motifs is 1. The molecule has 3 aliphatic heterocycles. The summed E-state index contributed by atoms with van der Waals surface area (Å²) in [4.78, 5) is 51.2. The van der Waals surface area contributed by atoms with Crippen molar-refractivity contribution >= 4 is 34.9 Å². The molecule has 3 fully saturated rings. The first-order valence-electron chi connectivity index (χ1n) is 19.4. The Labute approximate surface area is 338 Å². The van der Waals surface area contributed by atoms with Crippen molar-refractivity contribution in [2.75, 3.05) is 27.8 Å². The van der Waals surface area contributed by atoms with E-state index in [1.807, 2.05) is 65.7 Å². The molecule has 5 heterocycles. The molecular weight excluding hydrogens is 759 g/mol. The van der Waals surface area contributed by atoms with Crippen LogP contribution >= 0.6 is 11.3 Å². The fourth-order valence-electron chi connectivity index (χ4n) is 8.16. The summed E-state index contributed by atoms with van der Waals surface area (Å²) in [6, 6.07) is 2.79. The maximum atomic E-state index is 14.5. The zero-order chi connectivity index (χ0) is 41.8. The molecule has 0 saturated carbocycles. The van der Waals surface area contributed by atoms with Crippen LogP contribution in [0.5, 0.6) is 0 Å². The van der Waals surface area contributed by atoms with E-state index >= 15 is 0 Å². The van der Waals surface area contributed by atoms with Gasteiger partial charge in [0.25, 0.3) is 0 Å². The molecule has 2 aromatic rings. The van der Waals surface area contributed by atoms with Crippen LogP contribution in [-0.4, -0.2) is 136 Å². The van der Waals surface area contributed by atoms with Crippen LogP contribution in [0.25, 0.3) is 10.7 Å². The number of rotatable bonds is 8. The van der Waals surface area contributed by atoms with Crippen LogP contribution in [0.3, 0.4) is 0 Å². The molecule has 2 unspecified atom stereocenters. The van der Waals surface area contributed by atoms with E-state index in [9.17, 15) is 19.5 Å². The number of hydrogen-bond donors (Lipinski definition) is 2. The average Bonchev–Trinajstić information content (AvgIpc) is 3.92. The van der Waals surface area contributed by atoms with Crippen LogP contribution in [-0.2, 0) is 45.2 Å². The van der Waals surface area contributed by atoms with Crippen LogP contribution in [0.4, 0.5) is 4.79 Å². The Hall–Kier alpha value is -3.99. The van der Waals surface area contributed by atoms with E-state index in [0.717, 1.165) is 9.75 Å². The number of nitrogens with one attached hydrogen (secondary N) is 1. The van der Waals surface area contributed by atoms with Crippen molar-refractivity contribution in [1.29, 1.82) is 0 Å². The molecule has 2 aromatic heterocycles. The van der Waals surface area contributed by atoms with Crippen LogP contribution in [0.15, 0.2) is 17.3 Å². The molecule has 5 rings (SSSR count). The van der Waals surface area contributed by atoms with Crippen molar-refractivity contribution in [3.63, 3.8) is 0 Å². The van der Waals surface area contributed by atoms with Gasteiger partial charge >= 0.3 is 12.1 Å². The number of alkyl carbamates (subject to hydrolysis) is 1. The number of carbonyl (C=O) groups is 3. The van der Waals surface area contributed by atoms with Gasteiger partial charge in [-0.3, -0.25) is 9.59 Å². The molecule has 13 atom stereocenters. The van der Waals surface area contributed by atoms with Gasteiger partial charge in [-0.1, -0.05) is 44.7 Å². The van der Waals surface area contributed by atoms with Gasteiger partial charge in [-0.2, -0.15) is 4.80 Å². The van der Waals surface area contributed by atoms with Gasteiger partial charge in [0, 0.05) is 23.8 Å². The topological polar surface area (TPSA) is 198 Å². The zero-order valence-electron chi connectivity index (χ0n) is 34.6. The minimum Gasteiger partial charge on any atom is -0.458 e. The van der Waals surface area contributed by atoms with Crippen molar-refractivity contribution < 1.29 is 48.0 Å². The standard InChI is InChI=1S/C39H57N7O10S/c1-12-27-33-30(40-38(50)55-33)22(4)29(43-51-11)20(2)19-39(7,52-17-13-14-25-15-16-28(57-25)35-41-44-46(10)42-35)34(23(5)31(47)24(6)36(49)54-27)56-37-32(48)26(45(8)9)18-21(3)53-37/h15-16,20-24,26-27,30,32-34,37,48H,12,17-19H2,1-11H3,(H,40,50)/b43-29+/t20-,21-,22+,23+,24-,26+,27-,30-,32?,33-,34-,37?,39+/m1/s1. The van der Waals surface area contributed by atoms with Gasteiger partial charge in [0.2, 0.25) is 5.82 Å². The summed E-state index contributed by atoms with van der Waals surface area (Å²) in [5, 5.41) is 31.2. The third-order valence-corrected chi connectivity index (χ3v) is 12.2. The van der Waals surface area contributed by atoms with Gasteiger partial charge in [-0.05, 0) is 71.5 Å². The number of aliphatic hydroxyl groups excluding tert-OH is 1. The van der Waals surface area contributed by atoms with Crippen molar-refractivity contribution in [3.05, 3.63) is 17.0 Å². The smallest absolute Gasteiger partial charge is 0.407 e. The van der Waals surface area contributed by atoms with Gasteiger partial charge in [0.15, 0.2) is 18.2 Å². The Kier molecular flexibility index (Phi) is 14.5. The molecule has 0 radical (unpaired) electrons. The number of ketones is 1. The third kappa shape index (κ3) is 10.0. The van der Waals surface area contributed by atoms with E-state index in [2.05, 4.69) is 37.7 Å². The number of tetrazole rings is 1. The van der Waals surface area contributed by atoms with E-state index in [1.54, 1.807) is 14.0 Å². The lowest BCUT2D eigenvalue weighted by Gasteiger charge is -2.47. The first-order valence-corrected chi connectivity index (χ1v) is 20.2. The number of ether oxygens (including phenoxy) is 5. The first-order chi connectivity index (χ1) is 27.0. The normalized spacial score (nSPS) is 36.1. The second-order valence-electron chi connectivity index (χ2n) is 15.7. The Balaban J connectivity index is 1.57. The zero-order valence-corrected chi connectivity index (χ0v) is 35.4. The molecule has 3 aliphatic rings. The Morgan fingerprint density at radius 1 is 1.14 bits per heavy atom. The molecule has 57 heavy (non-hydrogen) atoms. The lowest BCUT2D eigenvalue weighted by molar-refractivity contribution is -0.296. The Bertz CT molecular complexity index is 1820. The number of thiophene rings is 1. The maximum Gasteiger partial charge on any atom is 0.407 e.